The van der Waals surface area contributed by atoms with Crippen LogP contribution in [-0.2, 0) is 16.6 Å². The maximum absolute atomic E-state index is 12.3. The molecule has 1 heterocycles. The molecule has 2 aromatic carbocycles. The molecule has 0 aliphatic heterocycles. The van der Waals surface area contributed by atoms with Gasteiger partial charge in [0, 0.05) is 32.7 Å². The van der Waals surface area contributed by atoms with Crippen molar-refractivity contribution in [1.82, 2.24) is 19.2 Å². The third-order valence-corrected chi connectivity index (χ3v) is 6.03. The number of imidazole rings is 1. The molecular formula is C18H20N4O4S. The zero-order valence-electron chi connectivity index (χ0n) is 15.0. The van der Waals surface area contributed by atoms with Gasteiger partial charge >= 0.3 is 5.69 Å². The average Bonchev–Trinajstić information content (AvgIpc) is 2.97. The molecule has 0 unspecified atom stereocenters. The van der Waals surface area contributed by atoms with Crippen LogP contribution in [0.4, 0.5) is 0 Å². The van der Waals surface area contributed by atoms with Gasteiger partial charge in [0.05, 0.1) is 15.9 Å². The number of para-hydroxylation sites is 2. The van der Waals surface area contributed by atoms with Gasteiger partial charge in [-0.25, -0.2) is 17.5 Å². The van der Waals surface area contributed by atoms with Crippen LogP contribution in [0.15, 0.2) is 58.2 Å². The van der Waals surface area contributed by atoms with Crippen molar-refractivity contribution in [2.75, 3.05) is 20.6 Å². The Labute approximate surface area is 156 Å². The summed E-state index contributed by atoms with van der Waals surface area (Å²) in [5.74, 6) is -0.336. The van der Waals surface area contributed by atoms with E-state index in [9.17, 15) is 18.0 Å². The smallest absolute Gasteiger partial charge is 0.326 e. The van der Waals surface area contributed by atoms with Crippen LogP contribution in [0, 0.1) is 0 Å². The lowest BCUT2D eigenvalue weighted by Crippen LogP contribution is -2.30. The molecule has 3 aromatic rings. The number of aromatic amines is 1. The van der Waals surface area contributed by atoms with Gasteiger partial charge in [0.15, 0.2) is 0 Å². The quantitative estimate of drug-likeness (QED) is 0.658. The number of sulfonamides is 1. The molecule has 1 amide bonds. The van der Waals surface area contributed by atoms with E-state index < -0.39 is 10.0 Å². The van der Waals surface area contributed by atoms with Crippen molar-refractivity contribution in [3.63, 3.8) is 0 Å². The van der Waals surface area contributed by atoms with Crippen LogP contribution in [0.5, 0.6) is 0 Å². The summed E-state index contributed by atoms with van der Waals surface area (Å²) in [5.41, 5.74) is 1.63. The zero-order valence-corrected chi connectivity index (χ0v) is 15.8. The van der Waals surface area contributed by atoms with Crippen molar-refractivity contribution in [3.05, 3.63) is 64.6 Å². The van der Waals surface area contributed by atoms with Crippen molar-refractivity contribution in [2.45, 2.75) is 11.4 Å². The van der Waals surface area contributed by atoms with Crippen molar-refractivity contribution in [1.29, 1.82) is 0 Å². The van der Waals surface area contributed by atoms with E-state index in [0.717, 1.165) is 15.3 Å². The van der Waals surface area contributed by atoms with E-state index in [1.807, 2.05) is 24.3 Å². The van der Waals surface area contributed by atoms with Crippen LogP contribution in [0.2, 0.25) is 0 Å². The van der Waals surface area contributed by atoms with Gasteiger partial charge in [-0.05, 0) is 36.4 Å². The van der Waals surface area contributed by atoms with E-state index in [1.54, 1.807) is 4.57 Å². The SMILES string of the molecule is CN(C)S(=O)(=O)c1ccc(C(=O)NCCn2c(=O)[nH]c3ccccc32)cc1. The van der Waals surface area contributed by atoms with E-state index in [-0.39, 0.29) is 23.0 Å². The van der Waals surface area contributed by atoms with Crippen LogP contribution < -0.4 is 11.0 Å². The molecule has 27 heavy (non-hydrogen) atoms. The van der Waals surface area contributed by atoms with Crippen LogP contribution >= 0.6 is 0 Å². The molecule has 3 rings (SSSR count). The Kier molecular flexibility index (Phi) is 5.15. The first-order valence-corrected chi connectivity index (χ1v) is 9.73. The number of benzene rings is 2. The second kappa shape index (κ2) is 7.37. The first kappa shape index (κ1) is 18.9. The molecule has 0 radical (unpaired) electrons. The molecule has 0 aliphatic carbocycles. The van der Waals surface area contributed by atoms with E-state index in [0.29, 0.717) is 12.1 Å². The molecule has 0 atom stereocenters. The summed E-state index contributed by atoms with van der Waals surface area (Å²) in [6.45, 7) is 0.583. The van der Waals surface area contributed by atoms with Gasteiger partial charge in [-0.15, -0.1) is 0 Å². The Morgan fingerprint density at radius 2 is 1.78 bits per heavy atom. The highest BCUT2D eigenvalue weighted by molar-refractivity contribution is 7.89. The van der Waals surface area contributed by atoms with Crippen molar-refractivity contribution in [3.8, 4) is 0 Å². The fourth-order valence-electron chi connectivity index (χ4n) is 2.70. The van der Waals surface area contributed by atoms with Crippen LogP contribution in [0.25, 0.3) is 11.0 Å². The number of hydrogen-bond donors (Lipinski definition) is 2. The maximum atomic E-state index is 12.3. The van der Waals surface area contributed by atoms with Gasteiger partial charge in [-0.3, -0.25) is 9.36 Å². The van der Waals surface area contributed by atoms with Gasteiger partial charge in [0.1, 0.15) is 0 Å². The second-order valence-corrected chi connectivity index (χ2v) is 8.32. The van der Waals surface area contributed by atoms with Crippen molar-refractivity contribution < 1.29 is 13.2 Å². The molecule has 0 saturated heterocycles. The number of aromatic nitrogens is 2. The Balaban J connectivity index is 1.66. The minimum absolute atomic E-state index is 0.120. The van der Waals surface area contributed by atoms with Crippen molar-refractivity contribution >= 4 is 27.0 Å². The number of rotatable bonds is 6. The normalized spacial score (nSPS) is 11.8. The number of amides is 1. The first-order valence-electron chi connectivity index (χ1n) is 8.29. The molecule has 8 nitrogen and oxygen atoms in total. The number of carbonyl (C=O) groups excluding carboxylic acids is 1. The summed E-state index contributed by atoms with van der Waals surface area (Å²) in [5, 5.41) is 2.74. The summed E-state index contributed by atoms with van der Waals surface area (Å²) in [7, 11) is -0.637. The summed E-state index contributed by atoms with van der Waals surface area (Å²) < 4.78 is 26.8. The van der Waals surface area contributed by atoms with Crippen LogP contribution in [0.1, 0.15) is 10.4 Å². The van der Waals surface area contributed by atoms with Gasteiger partial charge < -0.3 is 10.3 Å². The molecule has 0 fully saturated rings. The summed E-state index contributed by atoms with van der Waals surface area (Å²) in [6, 6.07) is 13.0. The zero-order chi connectivity index (χ0) is 19.6. The van der Waals surface area contributed by atoms with Crippen molar-refractivity contribution in [2.24, 2.45) is 0 Å². The van der Waals surface area contributed by atoms with E-state index >= 15 is 0 Å². The molecule has 9 heteroatoms. The van der Waals surface area contributed by atoms with E-state index in [4.69, 9.17) is 0 Å². The minimum Gasteiger partial charge on any atom is -0.350 e. The predicted octanol–water partition coefficient (Wildman–Crippen LogP) is 1.01. The third kappa shape index (κ3) is 3.79. The van der Waals surface area contributed by atoms with E-state index in [2.05, 4.69) is 10.3 Å². The lowest BCUT2D eigenvalue weighted by atomic mass is 10.2. The van der Waals surface area contributed by atoms with E-state index in [1.165, 1.54) is 38.4 Å². The topological polar surface area (TPSA) is 104 Å². The highest BCUT2D eigenvalue weighted by Gasteiger charge is 2.17. The molecule has 2 N–H and O–H groups in total. The van der Waals surface area contributed by atoms with Gasteiger partial charge in [-0.1, -0.05) is 12.1 Å². The maximum Gasteiger partial charge on any atom is 0.326 e. The van der Waals surface area contributed by atoms with Gasteiger partial charge in [0.25, 0.3) is 5.91 Å². The number of nitrogens with one attached hydrogen (secondary N) is 2. The lowest BCUT2D eigenvalue weighted by molar-refractivity contribution is 0.0952. The Hall–Kier alpha value is -2.91. The molecule has 142 valence electrons. The molecular weight excluding hydrogens is 368 g/mol. The Morgan fingerprint density at radius 1 is 1.11 bits per heavy atom. The lowest BCUT2D eigenvalue weighted by Gasteiger charge is -2.11. The average molecular weight is 388 g/mol. The fraction of sp³-hybridized carbons (Fsp3) is 0.222. The largest absolute Gasteiger partial charge is 0.350 e. The number of H-pyrrole nitrogens is 1. The van der Waals surface area contributed by atoms with Crippen LogP contribution in [-0.4, -0.2) is 48.8 Å². The summed E-state index contributed by atoms with van der Waals surface area (Å²) >= 11 is 0. The summed E-state index contributed by atoms with van der Waals surface area (Å²) in [6.07, 6.45) is 0. The first-order chi connectivity index (χ1) is 12.8. The monoisotopic (exact) mass is 388 g/mol. The van der Waals surface area contributed by atoms with Gasteiger partial charge in [-0.2, -0.15) is 0 Å². The predicted molar refractivity (Wildman–Crippen MR) is 102 cm³/mol. The summed E-state index contributed by atoms with van der Waals surface area (Å²) in [4.78, 5) is 27.1. The molecule has 0 bridgehead atoms. The number of carbonyl (C=O) groups is 1. The molecule has 0 spiro atoms. The highest BCUT2D eigenvalue weighted by atomic mass is 32.2. The number of nitrogens with zero attached hydrogens (tertiary/aromatic N) is 2. The highest BCUT2D eigenvalue weighted by Crippen LogP contribution is 2.14. The molecule has 0 saturated carbocycles. The van der Waals surface area contributed by atoms with Gasteiger partial charge in [0.2, 0.25) is 10.0 Å². The molecule has 1 aromatic heterocycles. The fourth-order valence-corrected chi connectivity index (χ4v) is 3.60. The number of fused-ring (bicyclic) bond motifs is 1. The number of hydrogen-bond acceptors (Lipinski definition) is 4. The minimum atomic E-state index is -3.53. The Morgan fingerprint density at radius 3 is 2.44 bits per heavy atom. The third-order valence-electron chi connectivity index (χ3n) is 4.20. The molecule has 0 aliphatic rings. The van der Waals surface area contributed by atoms with Crippen LogP contribution in [0.3, 0.4) is 0 Å². The standard InChI is InChI=1S/C18H20N4O4S/c1-21(2)27(25,26)14-9-7-13(8-10-14)17(23)19-11-12-22-16-6-4-3-5-15(16)20-18(22)24/h3-10H,11-12H2,1-2H3,(H,19,23)(H,20,24). The Bertz CT molecular complexity index is 1130. The second-order valence-electron chi connectivity index (χ2n) is 6.17.